The van der Waals surface area contributed by atoms with Gasteiger partial charge in [-0.05, 0) is 6.42 Å². The maximum Gasteiger partial charge on any atom is 0.319 e. The minimum Gasteiger partial charge on any atom is -0.468 e. The highest BCUT2D eigenvalue weighted by molar-refractivity contribution is 5.72. The molecular weight excluding hydrogens is 436 g/mol. The summed E-state index contributed by atoms with van der Waals surface area (Å²) in [6.45, 7) is 4.35. The standard InChI is InChI=1S/C21H40N4O8/c1-31-19(28)14-22-5-7-23(15-20(29)32-2)9-11-25(18(17-27)4-13-26)12-10-24(8-6-22)16-21(30)33-3/h18,26-27H,4-17H2,1-3H3. The van der Waals surface area contributed by atoms with Gasteiger partial charge in [0.2, 0.25) is 0 Å². The average Bonchev–Trinajstić information content (AvgIpc) is 2.82. The molecule has 1 atom stereocenters. The summed E-state index contributed by atoms with van der Waals surface area (Å²) in [5.74, 6) is -1.07. The molecule has 192 valence electrons. The lowest BCUT2D eigenvalue weighted by Crippen LogP contribution is -2.51. The van der Waals surface area contributed by atoms with Gasteiger partial charge in [-0.3, -0.25) is 34.0 Å². The zero-order valence-corrected chi connectivity index (χ0v) is 20.1. The van der Waals surface area contributed by atoms with Gasteiger partial charge in [-0.15, -0.1) is 0 Å². The Bertz CT molecular complexity index is 561. The maximum atomic E-state index is 11.9. The van der Waals surface area contributed by atoms with E-state index in [1.165, 1.54) is 21.3 Å². The number of ether oxygens (including phenoxy) is 3. The van der Waals surface area contributed by atoms with E-state index >= 15 is 0 Å². The normalized spacial score (nSPS) is 19.2. The molecule has 0 spiro atoms. The second-order valence-corrected chi connectivity index (χ2v) is 7.94. The Labute approximate surface area is 195 Å². The molecule has 1 heterocycles. The molecule has 1 rings (SSSR count). The topological polar surface area (TPSA) is 132 Å². The van der Waals surface area contributed by atoms with Crippen molar-refractivity contribution < 1.29 is 38.8 Å². The molecule has 1 aliphatic rings. The minimum atomic E-state index is -0.359. The molecule has 0 aromatic heterocycles. The lowest BCUT2D eigenvalue weighted by atomic mass is 10.2. The van der Waals surface area contributed by atoms with Crippen LogP contribution in [0.1, 0.15) is 6.42 Å². The Morgan fingerprint density at radius 3 is 1.27 bits per heavy atom. The third-order valence-electron chi connectivity index (χ3n) is 5.80. The monoisotopic (exact) mass is 476 g/mol. The smallest absolute Gasteiger partial charge is 0.319 e. The van der Waals surface area contributed by atoms with Crippen molar-refractivity contribution in [3.05, 3.63) is 0 Å². The van der Waals surface area contributed by atoms with Gasteiger partial charge in [0.1, 0.15) is 0 Å². The Kier molecular flexibility index (Phi) is 14.8. The summed E-state index contributed by atoms with van der Waals surface area (Å²) >= 11 is 0. The first-order valence-corrected chi connectivity index (χ1v) is 11.2. The molecule has 1 aliphatic heterocycles. The molecule has 0 saturated carbocycles. The number of rotatable bonds is 10. The van der Waals surface area contributed by atoms with Crippen LogP contribution in [0.25, 0.3) is 0 Å². The van der Waals surface area contributed by atoms with Crippen molar-refractivity contribution in [3.8, 4) is 0 Å². The SMILES string of the molecule is COC(=O)CN1CCN(CC(=O)OC)CCN(C(CO)CCO)CCN(CC(=O)OC)CC1. The van der Waals surface area contributed by atoms with E-state index in [0.717, 1.165) is 0 Å². The molecular formula is C21H40N4O8. The predicted molar refractivity (Wildman–Crippen MR) is 120 cm³/mol. The van der Waals surface area contributed by atoms with Crippen LogP contribution in [0.2, 0.25) is 0 Å². The van der Waals surface area contributed by atoms with Crippen molar-refractivity contribution in [2.45, 2.75) is 12.5 Å². The highest BCUT2D eigenvalue weighted by Gasteiger charge is 2.23. The Hall–Kier alpha value is -1.83. The van der Waals surface area contributed by atoms with Crippen molar-refractivity contribution in [1.82, 2.24) is 19.6 Å². The zero-order chi connectivity index (χ0) is 24.6. The van der Waals surface area contributed by atoms with E-state index in [1.54, 1.807) is 0 Å². The van der Waals surface area contributed by atoms with Crippen LogP contribution in [0.4, 0.5) is 0 Å². The van der Waals surface area contributed by atoms with Gasteiger partial charge in [0.25, 0.3) is 0 Å². The molecule has 2 N–H and O–H groups in total. The van der Waals surface area contributed by atoms with Crippen LogP contribution in [0, 0.1) is 0 Å². The maximum absolute atomic E-state index is 11.9. The Morgan fingerprint density at radius 2 is 1.00 bits per heavy atom. The van der Waals surface area contributed by atoms with Gasteiger partial charge >= 0.3 is 17.9 Å². The van der Waals surface area contributed by atoms with E-state index in [0.29, 0.717) is 58.8 Å². The van der Waals surface area contributed by atoms with Gasteiger partial charge in [0.15, 0.2) is 0 Å². The highest BCUT2D eigenvalue weighted by Crippen LogP contribution is 2.07. The summed E-state index contributed by atoms with van der Waals surface area (Å²) in [6.07, 6.45) is 0.414. The van der Waals surface area contributed by atoms with Gasteiger partial charge in [-0.1, -0.05) is 0 Å². The van der Waals surface area contributed by atoms with E-state index in [9.17, 15) is 24.6 Å². The third kappa shape index (κ3) is 11.7. The molecule has 0 amide bonds. The van der Waals surface area contributed by atoms with E-state index in [-0.39, 0.29) is 56.8 Å². The van der Waals surface area contributed by atoms with Crippen molar-refractivity contribution in [2.75, 3.05) is 107 Å². The van der Waals surface area contributed by atoms with E-state index in [2.05, 4.69) is 4.90 Å². The Morgan fingerprint density at radius 1 is 0.667 bits per heavy atom. The fourth-order valence-corrected chi connectivity index (χ4v) is 3.67. The van der Waals surface area contributed by atoms with E-state index in [4.69, 9.17) is 14.2 Å². The predicted octanol–water partition coefficient (Wildman–Crippen LogP) is -2.53. The molecule has 0 aromatic rings. The van der Waals surface area contributed by atoms with Crippen LogP contribution >= 0.6 is 0 Å². The fraction of sp³-hybridized carbons (Fsp3) is 0.857. The molecule has 1 unspecified atom stereocenters. The number of esters is 3. The number of hydrogen-bond donors (Lipinski definition) is 2. The van der Waals surface area contributed by atoms with Gasteiger partial charge in [0, 0.05) is 65.0 Å². The number of nitrogens with zero attached hydrogens (tertiary/aromatic N) is 4. The molecule has 12 nitrogen and oxygen atoms in total. The zero-order valence-electron chi connectivity index (χ0n) is 20.1. The second-order valence-electron chi connectivity index (χ2n) is 7.94. The highest BCUT2D eigenvalue weighted by atomic mass is 16.5. The van der Waals surface area contributed by atoms with Gasteiger partial charge in [-0.2, -0.15) is 0 Å². The van der Waals surface area contributed by atoms with Crippen molar-refractivity contribution in [3.63, 3.8) is 0 Å². The third-order valence-corrected chi connectivity index (χ3v) is 5.80. The minimum absolute atomic E-state index is 0.0536. The molecule has 1 fully saturated rings. The van der Waals surface area contributed by atoms with Crippen LogP contribution < -0.4 is 0 Å². The number of carbonyl (C=O) groups is 3. The molecule has 0 aliphatic carbocycles. The number of carbonyl (C=O) groups excluding carboxylic acids is 3. The summed E-state index contributed by atoms with van der Waals surface area (Å²) in [5.41, 5.74) is 0. The lowest BCUT2D eigenvalue weighted by Gasteiger charge is -2.36. The molecule has 0 radical (unpaired) electrons. The van der Waals surface area contributed by atoms with E-state index < -0.39 is 0 Å². The summed E-state index contributed by atoms with van der Waals surface area (Å²) in [5, 5.41) is 19.3. The van der Waals surface area contributed by atoms with Crippen LogP contribution in [0.15, 0.2) is 0 Å². The molecule has 0 bridgehead atoms. The molecule has 1 saturated heterocycles. The summed E-state index contributed by atoms with van der Waals surface area (Å²) < 4.78 is 14.5. The number of aliphatic hydroxyl groups is 2. The second kappa shape index (κ2) is 16.7. The molecule has 0 aromatic carbocycles. The largest absolute Gasteiger partial charge is 0.468 e. The number of aliphatic hydroxyl groups excluding tert-OH is 2. The number of methoxy groups -OCH3 is 3. The van der Waals surface area contributed by atoms with Crippen LogP contribution in [-0.4, -0.2) is 160 Å². The fourth-order valence-electron chi connectivity index (χ4n) is 3.67. The molecule has 12 heteroatoms. The first-order valence-electron chi connectivity index (χ1n) is 11.2. The van der Waals surface area contributed by atoms with Crippen LogP contribution in [0.5, 0.6) is 0 Å². The van der Waals surface area contributed by atoms with Crippen molar-refractivity contribution >= 4 is 17.9 Å². The van der Waals surface area contributed by atoms with Gasteiger partial charge in [0.05, 0.1) is 47.6 Å². The van der Waals surface area contributed by atoms with Gasteiger partial charge in [-0.25, -0.2) is 0 Å². The Balaban J connectivity index is 3.05. The molecule has 33 heavy (non-hydrogen) atoms. The average molecular weight is 477 g/mol. The summed E-state index contributed by atoms with van der Waals surface area (Å²) in [6, 6.07) is -0.242. The summed E-state index contributed by atoms with van der Waals surface area (Å²) in [7, 11) is 4.02. The number of hydrogen-bond acceptors (Lipinski definition) is 12. The van der Waals surface area contributed by atoms with E-state index in [1.807, 2.05) is 14.7 Å². The van der Waals surface area contributed by atoms with Crippen LogP contribution in [0.3, 0.4) is 0 Å². The van der Waals surface area contributed by atoms with Gasteiger partial charge < -0.3 is 24.4 Å². The quantitative estimate of drug-likeness (QED) is 0.254. The first kappa shape index (κ1) is 29.2. The lowest BCUT2D eigenvalue weighted by molar-refractivity contribution is -0.144. The van der Waals surface area contributed by atoms with Crippen molar-refractivity contribution in [1.29, 1.82) is 0 Å². The first-order chi connectivity index (χ1) is 15.9. The van der Waals surface area contributed by atoms with Crippen LogP contribution in [-0.2, 0) is 28.6 Å². The summed E-state index contributed by atoms with van der Waals surface area (Å²) in [4.78, 5) is 43.6. The van der Waals surface area contributed by atoms with Crippen molar-refractivity contribution in [2.24, 2.45) is 0 Å².